The molecule has 1 aromatic heterocycles. The highest BCUT2D eigenvalue weighted by molar-refractivity contribution is 5.95. The van der Waals surface area contributed by atoms with E-state index in [4.69, 9.17) is 4.74 Å². The monoisotopic (exact) mass is 327 g/mol. The van der Waals surface area contributed by atoms with Crippen LogP contribution in [0.25, 0.3) is 0 Å². The van der Waals surface area contributed by atoms with Crippen LogP contribution in [-0.2, 0) is 11.8 Å². The van der Waals surface area contributed by atoms with Crippen LogP contribution in [0.5, 0.6) is 0 Å². The van der Waals surface area contributed by atoms with Gasteiger partial charge < -0.3 is 10.1 Å². The quantitative estimate of drug-likeness (QED) is 0.939. The van der Waals surface area contributed by atoms with Crippen LogP contribution in [0.1, 0.15) is 58.0 Å². The van der Waals surface area contributed by atoms with E-state index in [0.717, 1.165) is 24.3 Å². The minimum Gasteiger partial charge on any atom is -0.381 e. The largest absolute Gasteiger partial charge is 0.381 e. The van der Waals surface area contributed by atoms with Crippen molar-refractivity contribution in [3.63, 3.8) is 0 Å². The number of rotatable bonds is 4. The number of hydrogen-bond acceptors (Lipinski definition) is 3. The first kappa shape index (κ1) is 16.7. The van der Waals surface area contributed by atoms with E-state index in [1.807, 2.05) is 14.0 Å². The Morgan fingerprint density at radius 1 is 1.38 bits per heavy atom. The molecule has 0 aliphatic carbocycles. The summed E-state index contributed by atoms with van der Waals surface area (Å²) in [5.41, 5.74) is 5.11. The maximum Gasteiger partial charge on any atom is 0.255 e. The number of nitrogens with zero attached hydrogens (tertiary/aromatic N) is 2. The van der Waals surface area contributed by atoms with Gasteiger partial charge in [-0.2, -0.15) is 5.10 Å². The van der Waals surface area contributed by atoms with Crippen molar-refractivity contribution < 1.29 is 9.53 Å². The second-order valence-corrected chi connectivity index (χ2v) is 6.70. The molecule has 0 saturated carbocycles. The van der Waals surface area contributed by atoms with Gasteiger partial charge in [0.2, 0.25) is 0 Å². The predicted molar refractivity (Wildman–Crippen MR) is 93.2 cm³/mol. The molecular weight excluding hydrogens is 302 g/mol. The van der Waals surface area contributed by atoms with Crippen molar-refractivity contribution in [3.8, 4) is 0 Å². The number of carbonyl (C=O) groups excluding carboxylic acids is 1. The van der Waals surface area contributed by atoms with Gasteiger partial charge in [0.25, 0.3) is 5.91 Å². The second kappa shape index (κ2) is 6.77. The van der Waals surface area contributed by atoms with E-state index in [-0.39, 0.29) is 17.9 Å². The lowest BCUT2D eigenvalue weighted by Crippen LogP contribution is -2.27. The molecular formula is C19H25N3O2. The first-order valence-electron chi connectivity index (χ1n) is 8.45. The van der Waals surface area contributed by atoms with E-state index in [0.29, 0.717) is 12.2 Å². The minimum absolute atomic E-state index is 0.0512. The lowest BCUT2D eigenvalue weighted by atomic mass is 9.99. The molecule has 1 amide bonds. The summed E-state index contributed by atoms with van der Waals surface area (Å²) in [6, 6.07) is 6.25. The molecule has 0 spiro atoms. The van der Waals surface area contributed by atoms with Crippen LogP contribution in [0, 0.1) is 13.8 Å². The topological polar surface area (TPSA) is 56.2 Å². The third-order valence-corrected chi connectivity index (χ3v) is 4.80. The zero-order valence-electron chi connectivity index (χ0n) is 14.8. The van der Waals surface area contributed by atoms with Crippen LogP contribution in [0.2, 0.25) is 0 Å². The van der Waals surface area contributed by atoms with Crippen LogP contribution in [0.3, 0.4) is 0 Å². The Bertz CT molecular complexity index is 745. The smallest absolute Gasteiger partial charge is 0.255 e. The van der Waals surface area contributed by atoms with Crippen LogP contribution >= 0.6 is 0 Å². The zero-order valence-corrected chi connectivity index (χ0v) is 14.8. The summed E-state index contributed by atoms with van der Waals surface area (Å²) in [5.74, 6) is 0.139. The predicted octanol–water partition coefficient (Wildman–Crippen LogP) is 3.03. The van der Waals surface area contributed by atoms with E-state index < -0.39 is 0 Å². The van der Waals surface area contributed by atoms with Gasteiger partial charge in [-0.3, -0.25) is 9.48 Å². The molecule has 5 heteroatoms. The Morgan fingerprint density at radius 3 is 2.83 bits per heavy atom. The van der Waals surface area contributed by atoms with Crippen LogP contribution < -0.4 is 5.32 Å². The standard InChI is InChI=1S/C19H25N3O2/c1-12-5-6-15(9-13(12)2)14(3)20-19(23)17-10-22(4)21-18(17)16-7-8-24-11-16/h5-6,9-10,14,16H,7-8,11H2,1-4H3,(H,20,23)/t14-,16-/m1/s1. The average molecular weight is 327 g/mol. The lowest BCUT2D eigenvalue weighted by molar-refractivity contribution is 0.0938. The SMILES string of the molecule is Cc1ccc([C@@H](C)NC(=O)c2cn(C)nc2[C@@H]2CCOC2)cc1C. The lowest BCUT2D eigenvalue weighted by Gasteiger charge is -2.16. The Hall–Kier alpha value is -2.14. The summed E-state index contributed by atoms with van der Waals surface area (Å²) >= 11 is 0. The van der Waals surface area contributed by atoms with Crippen LogP contribution in [0.15, 0.2) is 24.4 Å². The van der Waals surface area contributed by atoms with Gasteiger partial charge in [-0.1, -0.05) is 18.2 Å². The molecule has 128 valence electrons. The van der Waals surface area contributed by atoms with Gasteiger partial charge in [0, 0.05) is 25.8 Å². The van der Waals surface area contributed by atoms with E-state index >= 15 is 0 Å². The van der Waals surface area contributed by atoms with Crippen molar-refractivity contribution in [1.29, 1.82) is 0 Å². The Balaban J connectivity index is 1.78. The number of benzene rings is 1. The normalized spacial score (nSPS) is 18.6. The summed E-state index contributed by atoms with van der Waals surface area (Å²) in [4.78, 5) is 12.8. The number of hydrogen-bond donors (Lipinski definition) is 1. The Morgan fingerprint density at radius 2 is 2.17 bits per heavy atom. The highest BCUT2D eigenvalue weighted by atomic mass is 16.5. The Kier molecular flexibility index (Phi) is 4.71. The molecule has 1 aliphatic rings. The number of carbonyl (C=O) groups is 1. The summed E-state index contributed by atoms with van der Waals surface area (Å²) < 4.78 is 7.16. The summed E-state index contributed by atoms with van der Waals surface area (Å²) in [6.07, 6.45) is 2.72. The molecule has 1 N–H and O–H groups in total. The molecule has 0 bridgehead atoms. The van der Waals surface area contributed by atoms with E-state index in [2.05, 4.69) is 42.5 Å². The van der Waals surface area contributed by atoms with Crippen LogP contribution in [-0.4, -0.2) is 28.9 Å². The third kappa shape index (κ3) is 3.36. The molecule has 5 nitrogen and oxygen atoms in total. The zero-order chi connectivity index (χ0) is 17.3. The van der Waals surface area contributed by atoms with Crippen molar-refractivity contribution >= 4 is 5.91 Å². The van der Waals surface area contributed by atoms with Gasteiger partial charge in [-0.15, -0.1) is 0 Å². The number of aryl methyl sites for hydroxylation is 3. The number of amides is 1. The van der Waals surface area contributed by atoms with Gasteiger partial charge in [-0.05, 0) is 43.9 Å². The molecule has 2 heterocycles. The third-order valence-electron chi connectivity index (χ3n) is 4.80. The molecule has 0 unspecified atom stereocenters. The number of ether oxygens (including phenoxy) is 1. The average Bonchev–Trinajstić information content (AvgIpc) is 3.18. The van der Waals surface area contributed by atoms with E-state index in [9.17, 15) is 4.79 Å². The second-order valence-electron chi connectivity index (χ2n) is 6.70. The molecule has 1 aliphatic heterocycles. The van der Waals surface area contributed by atoms with E-state index in [1.54, 1.807) is 10.9 Å². The first-order valence-corrected chi connectivity index (χ1v) is 8.45. The van der Waals surface area contributed by atoms with Gasteiger partial charge in [0.1, 0.15) is 0 Å². The molecule has 1 fully saturated rings. The van der Waals surface area contributed by atoms with Gasteiger partial charge >= 0.3 is 0 Å². The van der Waals surface area contributed by atoms with Crippen molar-refractivity contribution in [3.05, 3.63) is 52.3 Å². The van der Waals surface area contributed by atoms with Gasteiger partial charge in [-0.25, -0.2) is 0 Å². The minimum atomic E-state index is -0.0734. The van der Waals surface area contributed by atoms with Gasteiger partial charge in [0.15, 0.2) is 0 Å². The molecule has 24 heavy (non-hydrogen) atoms. The fourth-order valence-corrected chi connectivity index (χ4v) is 3.12. The highest BCUT2D eigenvalue weighted by Gasteiger charge is 2.27. The van der Waals surface area contributed by atoms with Crippen molar-refractivity contribution in [2.24, 2.45) is 7.05 Å². The molecule has 3 rings (SSSR count). The maximum atomic E-state index is 12.8. The molecule has 1 aromatic carbocycles. The fraction of sp³-hybridized carbons (Fsp3) is 0.474. The first-order chi connectivity index (χ1) is 11.5. The maximum absolute atomic E-state index is 12.8. The van der Waals surface area contributed by atoms with Crippen molar-refractivity contribution in [2.75, 3.05) is 13.2 Å². The molecule has 1 saturated heterocycles. The molecule has 0 radical (unpaired) electrons. The van der Waals surface area contributed by atoms with Gasteiger partial charge in [0.05, 0.1) is 23.9 Å². The molecule has 2 atom stereocenters. The highest BCUT2D eigenvalue weighted by Crippen LogP contribution is 2.27. The number of aromatic nitrogens is 2. The van der Waals surface area contributed by atoms with Crippen LogP contribution in [0.4, 0.5) is 0 Å². The fourth-order valence-electron chi connectivity index (χ4n) is 3.12. The number of nitrogens with one attached hydrogen (secondary N) is 1. The molecule has 2 aromatic rings. The summed E-state index contributed by atoms with van der Waals surface area (Å²) in [7, 11) is 1.85. The summed E-state index contributed by atoms with van der Waals surface area (Å²) in [6.45, 7) is 7.57. The summed E-state index contributed by atoms with van der Waals surface area (Å²) in [5, 5.41) is 7.60. The van der Waals surface area contributed by atoms with Crippen molar-refractivity contribution in [2.45, 2.75) is 39.2 Å². The Labute approximate surface area is 143 Å². The van der Waals surface area contributed by atoms with E-state index in [1.165, 1.54) is 11.1 Å². The van der Waals surface area contributed by atoms with Crippen molar-refractivity contribution in [1.82, 2.24) is 15.1 Å².